The predicted molar refractivity (Wildman–Crippen MR) is 126 cm³/mol. The number of aliphatic hydroxyl groups is 2. The molecule has 1 aliphatic heterocycles. The van der Waals surface area contributed by atoms with Gasteiger partial charge in [0.2, 0.25) is 0 Å². The van der Waals surface area contributed by atoms with Crippen LogP contribution in [-0.4, -0.2) is 62.2 Å². The van der Waals surface area contributed by atoms with E-state index in [1.807, 2.05) is 60.7 Å². The number of hydrogen-bond donors (Lipinski definition) is 2. The molecule has 2 aromatic carbocycles. The molecule has 2 N–H and O–H groups in total. The molecule has 0 radical (unpaired) electrons. The molecule has 0 aromatic heterocycles. The fraction of sp³-hybridized carbons (Fsp3) is 0.520. The lowest BCUT2D eigenvalue weighted by Gasteiger charge is -2.44. The molecule has 6 nitrogen and oxygen atoms in total. The Bertz CT molecular complexity index is 782. The fourth-order valence-corrected chi connectivity index (χ4v) is 4.29. The van der Waals surface area contributed by atoms with Gasteiger partial charge in [-0.15, -0.1) is 0 Å². The van der Waals surface area contributed by atoms with Crippen LogP contribution >= 0.6 is 0 Å². The lowest BCUT2D eigenvalue weighted by atomic mass is 9.98. The van der Waals surface area contributed by atoms with Crippen molar-refractivity contribution in [3.8, 4) is 0 Å². The molecule has 1 saturated heterocycles. The third-order valence-electron chi connectivity index (χ3n) is 5.50. The largest absolute Gasteiger partial charge is 0.394 e. The van der Waals surface area contributed by atoms with E-state index in [-0.39, 0.29) is 6.61 Å². The molecule has 0 spiro atoms. The minimum Gasteiger partial charge on any atom is -0.394 e. The van der Waals surface area contributed by atoms with Gasteiger partial charge in [0, 0.05) is 14.7 Å². The summed E-state index contributed by atoms with van der Waals surface area (Å²) >= 11 is 0. The number of benzene rings is 2. The third-order valence-corrected chi connectivity index (χ3v) is 7.21. The van der Waals surface area contributed by atoms with Gasteiger partial charge in [-0.25, -0.2) is 0 Å². The molecule has 32 heavy (non-hydrogen) atoms. The Labute approximate surface area is 192 Å². The van der Waals surface area contributed by atoms with Crippen LogP contribution in [0.1, 0.15) is 11.1 Å². The monoisotopic (exact) mass is 460 g/mol. The van der Waals surface area contributed by atoms with E-state index in [9.17, 15) is 10.2 Å². The average molecular weight is 461 g/mol. The summed E-state index contributed by atoms with van der Waals surface area (Å²) in [5, 5.41) is 20.7. The van der Waals surface area contributed by atoms with Gasteiger partial charge in [-0.1, -0.05) is 80.3 Å². The van der Waals surface area contributed by atoms with Crippen molar-refractivity contribution in [2.24, 2.45) is 0 Å². The van der Waals surface area contributed by atoms with Crippen molar-refractivity contribution in [1.82, 2.24) is 0 Å². The van der Waals surface area contributed by atoms with Crippen molar-refractivity contribution < 1.29 is 29.2 Å². The highest BCUT2D eigenvalue weighted by atomic mass is 28.3. The Kier molecular flexibility index (Phi) is 9.42. The Hall–Kier alpha value is -1.58. The standard InChI is InChI=1S/C25H36O6Si/c1-32(2,3)15-14-28-25-24(30-18-20-12-8-5-9-13-20)23(22(27)21(16-26)31-25)29-17-19-10-6-4-7-11-19/h4-13,21-27H,14-18H2,1-3H3/t21-,22-,23+,24-,25-/m1/s1. The normalized spacial score (nSPS) is 26.2. The summed E-state index contributed by atoms with van der Waals surface area (Å²) in [5.41, 5.74) is 2.00. The Morgan fingerprint density at radius 3 is 1.84 bits per heavy atom. The molecule has 2 aromatic rings. The second-order valence-corrected chi connectivity index (χ2v) is 15.0. The molecule has 5 atom stereocenters. The maximum absolute atomic E-state index is 10.9. The number of rotatable bonds is 11. The topological polar surface area (TPSA) is 77.4 Å². The molecule has 0 aliphatic carbocycles. The Morgan fingerprint density at radius 2 is 1.34 bits per heavy atom. The summed E-state index contributed by atoms with van der Waals surface area (Å²) < 4.78 is 24.4. The van der Waals surface area contributed by atoms with Crippen LogP contribution in [0.2, 0.25) is 25.7 Å². The fourth-order valence-electron chi connectivity index (χ4n) is 3.56. The van der Waals surface area contributed by atoms with Gasteiger partial charge in [-0.05, 0) is 17.2 Å². The Morgan fingerprint density at radius 1 is 0.812 bits per heavy atom. The zero-order valence-corrected chi connectivity index (χ0v) is 20.2. The number of aliphatic hydroxyl groups excluding tert-OH is 2. The highest BCUT2D eigenvalue weighted by molar-refractivity contribution is 6.76. The maximum Gasteiger partial charge on any atom is 0.186 e. The Balaban J connectivity index is 1.76. The summed E-state index contributed by atoms with van der Waals surface area (Å²) in [6, 6.07) is 20.6. The van der Waals surface area contributed by atoms with Gasteiger partial charge < -0.3 is 29.2 Å². The van der Waals surface area contributed by atoms with Gasteiger partial charge in [0.05, 0.1) is 19.8 Å². The van der Waals surface area contributed by atoms with Crippen molar-refractivity contribution in [2.75, 3.05) is 13.2 Å². The molecule has 0 saturated carbocycles. The molecule has 1 aliphatic rings. The van der Waals surface area contributed by atoms with E-state index in [1.54, 1.807) is 0 Å². The first-order chi connectivity index (χ1) is 15.4. The van der Waals surface area contributed by atoms with Crippen LogP contribution in [0.5, 0.6) is 0 Å². The smallest absolute Gasteiger partial charge is 0.186 e. The van der Waals surface area contributed by atoms with Crippen LogP contribution in [0.25, 0.3) is 0 Å². The third kappa shape index (κ3) is 7.49. The second-order valence-electron chi connectivity index (χ2n) is 9.42. The molecular weight excluding hydrogens is 424 g/mol. The van der Waals surface area contributed by atoms with E-state index in [0.717, 1.165) is 17.2 Å². The molecule has 0 amide bonds. The predicted octanol–water partition coefficient (Wildman–Crippen LogP) is 3.59. The molecular formula is C25H36O6Si. The molecule has 176 valence electrons. The van der Waals surface area contributed by atoms with E-state index in [4.69, 9.17) is 18.9 Å². The highest BCUT2D eigenvalue weighted by Gasteiger charge is 2.47. The van der Waals surface area contributed by atoms with E-state index in [2.05, 4.69) is 19.6 Å². The van der Waals surface area contributed by atoms with Crippen molar-refractivity contribution in [2.45, 2.75) is 69.6 Å². The van der Waals surface area contributed by atoms with Gasteiger partial charge in [0.25, 0.3) is 0 Å². The van der Waals surface area contributed by atoms with Crippen molar-refractivity contribution >= 4 is 8.07 Å². The van der Waals surface area contributed by atoms with Crippen LogP contribution in [0, 0.1) is 0 Å². The first-order valence-electron chi connectivity index (χ1n) is 11.2. The zero-order chi connectivity index (χ0) is 23.0. The van der Waals surface area contributed by atoms with E-state index in [0.29, 0.717) is 19.8 Å². The lowest BCUT2D eigenvalue weighted by molar-refractivity contribution is -0.318. The van der Waals surface area contributed by atoms with Crippen LogP contribution in [0.3, 0.4) is 0 Å². The summed E-state index contributed by atoms with van der Waals surface area (Å²) in [7, 11) is -1.30. The van der Waals surface area contributed by atoms with Gasteiger partial charge in [0.1, 0.15) is 24.4 Å². The SMILES string of the molecule is C[Si](C)(C)CCO[C@@H]1O[C@H](CO)[C@@H](O)[C@H](OCc2ccccc2)[C@H]1OCc1ccccc1. The first-order valence-corrected chi connectivity index (χ1v) is 14.9. The van der Waals surface area contributed by atoms with Gasteiger partial charge in [0.15, 0.2) is 6.29 Å². The van der Waals surface area contributed by atoms with Gasteiger partial charge in [-0.3, -0.25) is 0 Å². The average Bonchev–Trinajstić information content (AvgIpc) is 2.78. The minimum absolute atomic E-state index is 0.313. The van der Waals surface area contributed by atoms with E-state index >= 15 is 0 Å². The van der Waals surface area contributed by atoms with Gasteiger partial charge >= 0.3 is 0 Å². The first kappa shape index (κ1) is 25.0. The minimum atomic E-state index is -1.30. The summed E-state index contributed by atoms with van der Waals surface area (Å²) in [6.07, 6.45) is -3.93. The summed E-state index contributed by atoms with van der Waals surface area (Å²) in [5.74, 6) is 0. The van der Waals surface area contributed by atoms with Crippen LogP contribution in [0.15, 0.2) is 60.7 Å². The molecule has 1 heterocycles. The van der Waals surface area contributed by atoms with E-state index in [1.165, 1.54) is 0 Å². The van der Waals surface area contributed by atoms with Crippen LogP contribution in [0.4, 0.5) is 0 Å². The van der Waals surface area contributed by atoms with Crippen molar-refractivity contribution in [3.63, 3.8) is 0 Å². The van der Waals surface area contributed by atoms with Crippen molar-refractivity contribution in [3.05, 3.63) is 71.8 Å². The lowest BCUT2D eigenvalue weighted by Crippen LogP contribution is -2.61. The number of hydrogen-bond acceptors (Lipinski definition) is 6. The molecule has 0 unspecified atom stereocenters. The summed E-state index contributed by atoms with van der Waals surface area (Å²) in [6.45, 7) is 7.71. The molecule has 7 heteroatoms. The van der Waals surface area contributed by atoms with Crippen LogP contribution in [-0.2, 0) is 32.2 Å². The summed E-state index contributed by atoms with van der Waals surface area (Å²) in [4.78, 5) is 0. The molecule has 1 fully saturated rings. The second kappa shape index (κ2) is 12.0. The molecule has 0 bridgehead atoms. The molecule has 3 rings (SSSR count). The maximum atomic E-state index is 10.9. The quantitative estimate of drug-likeness (QED) is 0.499. The highest BCUT2D eigenvalue weighted by Crippen LogP contribution is 2.29. The van der Waals surface area contributed by atoms with E-state index < -0.39 is 38.8 Å². The van der Waals surface area contributed by atoms with Gasteiger partial charge in [-0.2, -0.15) is 0 Å². The van der Waals surface area contributed by atoms with Crippen molar-refractivity contribution in [1.29, 1.82) is 0 Å². The van der Waals surface area contributed by atoms with Crippen LogP contribution < -0.4 is 0 Å². The number of ether oxygens (including phenoxy) is 4. The zero-order valence-electron chi connectivity index (χ0n) is 19.2.